The summed E-state index contributed by atoms with van der Waals surface area (Å²) in [7, 11) is 1.39. The van der Waals surface area contributed by atoms with Crippen LogP contribution in [0.3, 0.4) is 0 Å². The van der Waals surface area contributed by atoms with Crippen LogP contribution < -0.4 is 29.1 Å². The molecule has 5 aromatic carbocycles. The number of hydrogen-bond donors (Lipinski definition) is 2. The Balaban J connectivity index is 1.40. The second-order valence-electron chi connectivity index (χ2n) is 13.6. The standard InChI is InChI=1S/C43H36O11/c1-3-10-25-17-24-18-26-30(39(29(24)43(47)53-25)49-19-22-11-6-4-7-12-22)32-33(37(46)35(26)44)41(48-2)42-34(40(32)50-20-23-13-8-5-9-14-23)36(45)31-27(54-42)15-16-28-38(31)52-21-51-28/h4-9,11-16,18,25,35,37,44,46H,3,10,17,19-21H2,1-2H3/t25-,35+,37+/m1/s1. The fourth-order valence-electron chi connectivity index (χ4n) is 7.89. The molecule has 9 rings (SSSR count). The van der Waals surface area contributed by atoms with E-state index in [-0.39, 0.29) is 93.3 Å². The molecule has 1 aromatic heterocycles. The van der Waals surface area contributed by atoms with E-state index >= 15 is 0 Å². The summed E-state index contributed by atoms with van der Waals surface area (Å²) in [4.78, 5) is 28.9. The fourth-order valence-corrected chi connectivity index (χ4v) is 7.89. The van der Waals surface area contributed by atoms with Gasteiger partial charge in [-0.25, -0.2) is 4.79 Å². The van der Waals surface area contributed by atoms with Crippen molar-refractivity contribution in [2.75, 3.05) is 13.9 Å². The predicted molar refractivity (Wildman–Crippen MR) is 197 cm³/mol. The van der Waals surface area contributed by atoms with Crippen LogP contribution in [0.25, 0.3) is 33.1 Å². The van der Waals surface area contributed by atoms with Crippen LogP contribution in [0.1, 0.15) is 70.1 Å². The molecule has 54 heavy (non-hydrogen) atoms. The molecule has 0 radical (unpaired) electrons. The number of rotatable bonds is 9. The predicted octanol–water partition coefficient (Wildman–Crippen LogP) is 7.47. The summed E-state index contributed by atoms with van der Waals surface area (Å²) in [6.07, 6.45) is -1.58. The molecule has 3 aliphatic rings. The van der Waals surface area contributed by atoms with E-state index in [1.54, 1.807) is 18.2 Å². The van der Waals surface area contributed by atoms with E-state index in [1.807, 2.05) is 67.6 Å². The maximum Gasteiger partial charge on any atom is 0.342 e. The first-order valence-electron chi connectivity index (χ1n) is 17.9. The average molecular weight is 729 g/mol. The molecular weight excluding hydrogens is 692 g/mol. The number of fused-ring (bicyclic) bond motifs is 8. The Kier molecular flexibility index (Phi) is 8.40. The van der Waals surface area contributed by atoms with Crippen molar-refractivity contribution in [3.8, 4) is 39.9 Å². The number of esters is 1. The maximum absolute atomic E-state index is 14.9. The minimum atomic E-state index is -1.56. The smallest absolute Gasteiger partial charge is 0.342 e. The Morgan fingerprint density at radius 2 is 1.48 bits per heavy atom. The van der Waals surface area contributed by atoms with E-state index in [9.17, 15) is 19.8 Å². The number of carbonyl (C=O) groups excluding carboxylic acids is 1. The van der Waals surface area contributed by atoms with Crippen molar-refractivity contribution in [2.24, 2.45) is 0 Å². The van der Waals surface area contributed by atoms with Crippen LogP contribution in [-0.2, 0) is 24.4 Å². The second kappa shape index (κ2) is 13.4. The number of ether oxygens (including phenoxy) is 6. The molecule has 11 heteroatoms. The van der Waals surface area contributed by atoms with Gasteiger partial charge in [-0.2, -0.15) is 0 Å². The lowest BCUT2D eigenvalue weighted by atomic mass is 9.76. The monoisotopic (exact) mass is 728 g/mol. The van der Waals surface area contributed by atoms with Crippen LogP contribution in [0.5, 0.6) is 28.7 Å². The lowest BCUT2D eigenvalue weighted by Gasteiger charge is -2.36. The number of benzene rings is 5. The van der Waals surface area contributed by atoms with Crippen molar-refractivity contribution in [1.82, 2.24) is 0 Å². The first kappa shape index (κ1) is 33.8. The normalized spacial score (nSPS) is 18.1. The molecule has 0 unspecified atom stereocenters. The molecule has 2 aliphatic heterocycles. The zero-order valence-electron chi connectivity index (χ0n) is 29.5. The molecule has 274 valence electrons. The zero-order valence-corrected chi connectivity index (χ0v) is 29.5. The van der Waals surface area contributed by atoms with Crippen molar-refractivity contribution in [1.29, 1.82) is 0 Å². The van der Waals surface area contributed by atoms with Crippen molar-refractivity contribution in [3.05, 3.63) is 122 Å². The Hall–Kier alpha value is -6.04. The minimum absolute atomic E-state index is 0.00286. The van der Waals surface area contributed by atoms with E-state index in [1.165, 1.54) is 7.11 Å². The molecule has 0 amide bonds. The molecular formula is C43H36O11. The summed E-state index contributed by atoms with van der Waals surface area (Å²) in [6, 6.07) is 23.8. The summed E-state index contributed by atoms with van der Waals surface area (Å²) in [5.41, 5.74) is 3.04. The highest BCUT2D eigenvalue weighted by atomic mass is 16.7. The highest BCUT2D eigenvalue weighted by Crippen LogP contribution is 2.59. The van der Waals surface area contributed by atoms with Crippen molar-refractivity contribution in [2.45, 2.75) is 57.7 Å². The highest BCUT2D eigenvalue weighted by Gasteiger charge is 2.44. The summed E-state index contributed by atoms with van der Waals surface area (Å²) in [6.45, 7) is 2.02. The molecule has 6 aromatic rings. The van der Waals surface area contributed by atoms with E-state index < -0.39 is 23.6 Å². The molecule has 0 saturated heterocycles. The fraction of sp³-hybridized carbons (Fsp3) is 0.256. The van der Waals surface area contributed by atoms with Gasteiger partial charge in [0.25, 0.3) is 0 Å². The Morgan fingerprint density at radius 3 is 2.17 bits per heavy atom. The first-order chi connectivity index (χ1) is 26.4. The quantitative estimate of drug-likeness (QED) is 0.113. The van der Waals surface area contributed by atoms with Crippen LogP contribution >= 0.6 is 0 Å². The lowest BCUT2D eigenvalue weighted by Crippen LogP contribution is -2.30. The van der Waals surface area contributed by atoms with Crippen molar-refractivity contribution in [3.63, 3.8) is 0 Å². The summed E-state index contributed by atoms with van der Waals surface area (Å²) in [5, 5.41) is 24.2. The molecule has 0 spiro atoms. The van der Waals surface area contributed by atoms with Gasteiger partial charge in [-0.05, 0) is 40.8 Å². The van der Waals surface area contributed by atoms with Gasteiger partial charge in [0.1, 0.15) is 64.9 Å². The molecule has 0 saturated carbocycles. The molecule has 11 nitrogen and oxygen atoms in total. The van der Waals surface area contributed by atoms with E-state index in [2.05, 4.69) is 0 Å². The van der Waals surface area contributed by atoms with Crippen LogP contribution in [0, 0.1) is 0 Å². The third kappa shape index (κ3) is 5.34. The van der Waals surface area contributed by atoms with E-state index in [0.29, 0.717) is 29.7 Å². The number of carbonyl (C=O) groups is 1. The largest absolute Gasteiger partial charge is 0.492 e. The summed E-state index contributed by atoms with van der Waals surface area (Å²) in [5.74, 6) is 0.236. The van der Waals surface area contributed by atoms with Crippen LogP contribution in [0.2, 0.25) is 0 Å². The van der Waals surface area contributed by atoms with Crippen molar-refractivity contribution < 1.29 is 47.8 Å². The van der Waals surface area contributed by atoms with E-state index in [4.69, 9.17) is 32.8 Å². The highest BCUT2D eigenvalue weighted by molar-refractivity contribution is 6.07. The summed E-state index contributed by atoms with van der Waals surface area (Å²) < 4.78 is 43.0. The van der Waals surface area contributed by atoms with Crippen LogP contribution in [0.15, 0.2) is 88.1 Å². The molecule has 0 bridgehead atoms. The Bertz CT molecular complexity index is 2510. The molecule has 3 atom stereocenters. The Labute approximate surface area is 309 Å². The number of methoxy groups -OCH3 is 1. The van der Waals surface area contributed by atoms with Crippen LogP contribution in [-0.4, -0.2) is 36.2 Å². The SMILES string of the molecule is CCC[C@@H]1Cc2cc3c(c(OCc4ccccc4)c2C(=O)O1)-c1c(c(OC)c2oc4ccc5c(c4c(=O)c2c1OCc1ccccc1)OCO5)[C@H](O)[C@H]3O. The first-order valence-corrected chi connectivity index (χ1v) is 17.9. The maximum atomic E-state index is 14.9. The molecule has 3 heterocycles. The topological polar surface area (TPSA) is 143 Å². The number of cyclic esters (lactones) is 1. The van der Waals surface area contributed by atoms with Gasteiger partial charge < -0.3 is 43.1 Å². The molecule has 2 N–H and O–H groups in total. The van der Waals surface area contributed by atoms with Gasteiger partial charge in [-0.3, -0.25) is 4.79 Å². The van der Waals surface area contributed by atoms with Crippen molar-refractivity contribution >= 4 is 27.9 Å². The van der Waals surface area contributed by atoms with Gasteiger partial charge >= 0.3 is 5.97 Å². The lowest BCUT2D eigenvalue weighted by molar-refractivity contribution is 0.0132. The minimum Gasteiger partial charge on any atom is -0.492 e. The third-order valence-corrected chi connectivity index (χ3v) is 10.3. The van der Waals surface area contributed by atoms with Gasteiger partial charge in [0, 0.05) is 23.1 Å². The number of aliphatic hydroxyl groups is 2. The average Bonchev–Trinajstić information content (AvgIpc) is 3.67. The second-order valence-corrected chi connectivity index (χ2v) is 13.6. The number of aliphatic hydroxyl groups excluding tert-OH is 2. The van der Waals surface area contributed by atoms with Gasteiger partial charge in [0.05, 0.1) is 7.11 Å². The molecule has 1 aliphatic carbocycles. The summed E-state index contributed by atoms with van der Waals surface area (Å²) >= 11 is 0. The number of hydrogen-bond acceptors (Lipinski definition) is 11. The molecule has 0 fully saturated rings. The van der Waals surface area contributed by atoms with Gasteiger partial charge in [-0.1, -0.05) is 80.1 Å². The van der Waals surface area contributed by atoms with E-state index in [0.717, 1.165) is 17.5 Å². The van der Waals surface area contributed by atoms with Gasteiger partial charge in [0.2, 0.25) is 12.2 Å². The van der Waals surface area contributed by atoms with Gasteiger partial charge in [0.15, 0.2) is 22.8 Å². The zero-order chi connectivity index (χ0) is 37.1. The Morgan fingerprint density at radius 1 is 0.778 bits per heavy atom. The van der Waals surface area contributed by atoms with Gasteiger partial charge in [-0.15, -0.1) is 0 Å². The van der Waals surface area contributed by atoms with Crippen LogP contribution in [0.4, 0.5) is 0 Å². The third-order valence-electron chi connectivity index (χ3n) is 10.3.